The highest BCUT2D eigenvalue weighted by molar-refractivity contribution is 4.92. The third-order valence-electron chi connectivity index (χ3n) is 2.04. The zero-order chi connectivity index (χ0) is 6.81. The van der Waals surface area contributed by atoms with Crippen LogP contribution in [0.25, 0.3) is 0 Å². The summed E-state index contributed by atoms with van der Waals surface area (Å²) in [5.41, 5.74) is 0. The summed E-state index contributed by atoms with van der Waals surface area (Å²) in [7, 11) is 0. The van der Waals surface area contributed by atoms with Crippen molar-refractivity contribution in [3.63, 3.8) is 0 Å². The van der Waals surface area contributed by atoms with Gasteiger partial charge >= 0.3 is 0 Å². The lowest BCUT2D eigenvalue weighted by atomic mass is 9.96. The molecule has 1 aromatic heterocycles. The van der Waals surface area contributed by atoms with Crippen LogP contribution in [0.2, 0.25) is 0 Å². The van der Waals surface area contributed by atoms with Crippen LogP contribution in [0.5, 0.6) is 0 Å². The van der Waals surface area contributed by atoms with Crippen molar-refractivity contribution in [2.45, 2.75) is 25.8 Å². The first-order valence-electron chi connectivity index (χ1n) is 3.90. The predicted molar refractivity (Wildman–Crippen MR) is 39.6 cm³/mol. The van der Waals surface area contributed by atoms with Crippen molar-refractivity contribution in [1.82, 2.24) is 15.2 Å². The molecule has 0 unspecified atom stereocenters. The van der Waals surface area contributed by atoms with Crippen molar-refractivity contribution in [3.05, 3.63) is 12.2 Å². The molecular weight excluding hydrogens is 126 g/mol. The van der Waals surface area contributed by atoms with Crippen LogP contribution >= 0.6 is 0 Å². The van der Waals surface area contributed by atoms with E-state index in [1.165, 1.54) is 19.3 Å². The first kappa shape index (κ1) is 5.89. The van der Waals surface area contributed by atoms with E-state index in [0.717, 1.165) is 12.5 Å². The number of nitrogens with zero attached hydrogens (tertiary/aromatic N) is 1. The molecule has 3 nitrogen and oxygen atoms in total. The van der Waals surface area contributed by atoms with E-state index in [4.69, 9.17) is 0 Å². The molecule has 0 aliphatic heterocycles. The molecular formula is C7H13N3. The summed E-state index contributed by atoms with van der Waals surface area (Å²) in [4.78, 5) is 2.01. The van der Waals surface area contributed by atoms with Crippen molar-refractivity contribution in [1.29, 1.82) is 0 Å². The molecule has 1 aromatic rings. The monoisotopic (exact) mass is 139 g/mol. The average Bonchev–Trinajstić information content (AvgIpc) is 2.74. The predicted octanol–water partition coefficient (Wildman–Crippen LogP) is 1.50. The lowest BCUT2D eigenvalue weighted by molar-refractivity contribution is 0.463. The molecule has 0 spiro atoms. The summed E-state index contributed by atoms with van der Waals surface area (Å²) < 4.78 is 0. The van der Waals surface area contributed by atoms with Crippen LogP contribution in [0.1, 0.15) is 19.3 Å². The molecule has 0 amide bonds. The number of hydrogen-bond donors (Lipinski definition) is 2. The summed E-state index contributed by atoms with van der Waals surface area (Å²) >= 11 is 0. The van der Waals surface area contributed by atoms with Gasteiger partial charge in [-0.15, -0.1) is 0 Å². The Balaban J connectivity index is 1.86. The Morgan fingerprint density at radius 2 is 2.40 bits per heavy atom. The largest absolute Gasteiger partial charge is 0.210 e. The van der Waals surface area contributed by atoms with Gasteiger partial charge in [-0.2, -0.15) is 4.80 Å². The Bertz CT molecular complexity index is 195. The normalized spacial score (nSPS) is 25.8. The molecule has 1 heterocycles. The lowest BCUT2D eigenvalue weighted by Crippen LogP contribution is -2.06. The minimum absolute atomic E-state index is 0.760. The smallest absolute Gasteiger partial charge is 0.0656 e. The van der Waals surface area contributed by atoms with Gasteiger partial charge in [0.15, 0.2) is 0 Å². The fraction of sp³-hybridized carbons (Fsp3) is 0.714. The summed E-state index contributed by atoms with van der Waals surface area (Å²) in [6.07, 6.45) is 8.59. The van der Waals surface area contributed by atoms with E-state index >= 15 is 0 Å². The van der Waals surface area contributed by atoms with Gasteiger partial charge < -0.3 is 0 Å². The quantitative estimate of drug-likeness (QED) is 0.583. The number of hydrogen-bond acceptors (Lipinski definition) is 0. The van der Waals surface area contributed by atoms with E-state index < -0.39 is 0 Å². The standard InChI is InChI=1S/C7H13N3/c1-2-4-7(5-3-1)6-10-8-9-10/h2,4,7-9H,1,3,5-6H2/t7-/m0/s1. The zero-order valence-electron chi connectivity index (χ0n) is 6.01. The molecule has 0 aromatic carbocycles. The van der Waals surface area contributed by atoms with Crippen molar-refractivity contribution in [3.8, 4) is 0 Å². The van der Waals surface area contributed by atoms with Crippen molar-refractivity contribution < 1.29 is 0 Å². The SMILES string of the molecule is C1=C[C@H](Cn2[nH][nH]2)CCC1. The van der Waals surface area contributed by atoms with Gasteiger partial charge in [-0.05, 0) is 25.2 Å². The molecule has 1 aliphatic carbocycles. The second-order valence-electron chi connectivity index (χ2n) is 2.95. The minimum atomic E-state index is 0.760. The maximum Gasteiger partial charge on any atom is 0.0656 e. The van der Waals surface area contributed by atoms with Gasteiger partial charge in [-0.3, -0.25) is 0 Å². The van der Waals surface area contributed by atoms with E-state index in [1.54, 1.807) is 0 Å². The van der Waals surface area contributed by atoms with Gasteiger partial charge in [-0.25, -0.2) is 10.4 Å². The molecule has 0 radical (unpaired) electrons. The number of H-pyrrole nitrogens is 2. The van der Waals surface area contributed by atoms with Crippen LogP contribution in [0.4, 0.5) is 0 Å². The molecule has 3 heteroatoms. The fourth-order valence-electron chi connectivity index (χ4n) is 1.40. The summed E-state index contributed by atoms with van der Waals surface area (Å²) in [6.45, 7) is 1.11. The summed E-state index contributed by atoms with van der Waals surface area (Å²) in [5, 5.41) is 5.86. The van der Waals surface area contributed by atoms with E-state index in [-0.39, 0.29) is 0 Å². The molecule has 56 valence electrons. The van der Waals surface area contributed by atoms with Crippen molar-refractivity contribution in [2.24, 2.45) is 5.92 Å². The van der Waals surface area contributed by atoms with Crippen LogP contribution in [0, 0.1) is 5.92 Å². The van der Waals surface area contributed by atoms with E-state index in [0.29, 0.717) is 0 Å². The Morgan fingerprint density at radius 3 is 3.00 bits per heavy atom. The molecule has 2 rings (SSSR count). The second kappa shape index (κ2) is 2.40. The Labute approximate surface area is 60.0 Å². The third-order valence-corrected chi connectivity index (χ3v) is 2.04. The van der Waals surface area contributed by atoms with Crippen molar-refractivity contribution in [2.75, 3.05) is 0 Å². The molecule has 1 aliphatic rings. The maximum absolute atomic E-state index is 2.93. The average molecular weight is 139 g/mol. The summed E-state index contributed by atoms with van der Waals surface area (Å²) in [5.74, 6) is 0.760. The second-order valence-corrected chi connectivity index (χ2v) is 2.95. The van der Waals surface area contributed by atoms with E-state index in [9.17, 15) is 0 Å². The molecule has 2 N–H and O–H groups in total. The molecule has 0 fully saturated rings. The molecule has 0 saturated heterocycles. The Kier molecular flexibility index (Phi) is 1.42. The highest BCUT2D eigenvalue weighted by atomic mass is 15.7. The maximum atomic E-state index is 2.93. The first-order valence-corrected chi connectivity index (χ1v) is 3.90. The zero-order valence-corrected chi connectivity index (χ0v) is 6.01. The molecule has 10 heavy (non-hydrogen) atoms. The van der Waals surface area contributed by atoms with Crippen LogP contribution in [-0.4, -0.2) is 15.2 Å². The third kappa shape index (κ3) is 1.35. The van der Waals surface area contributed by atoms with Crippen LogP contribution in [0.15, 0.2) is 12.2 Å². The van der Waals surface area contributed by atoms with Crippen LogP contribution in [0.3, 0.4) is 0 Å². The number of rotatable bonds is 2. The number of allylic oxidation sites excluding steroid dienone is 2. The highest BCUT2D eigenvalue weighted by Gasteiger charge is 2.09. The number of aromatic nitrogens is 3. The van der Waals surface area contributed by atoms with Gasteiger partial charge in [0.25, 0.3) is 0 Å². The first-order chi connectivity index (χ1) is 4.95. The molecule has 1 atom stereocenters. The van der Waals surface area contributed by atoms with E-state index in [1.807, 2.05) is 4.80 Å². The Hall–Kier alpha value is -0.860. The number of aromatic amines is 2. The van der Waals surface area contributed by atoms with Gasteiger partial charge in [0, 0.05) is 0 Å². The molecule has 0 saturated carbocycles. The van der Waals surface area contributed by atoms with Gasteiger partial charge in [0.2, 0.25) is 0 Å². The van der Waals surface area contributed by atoms with Crippen molar-refractivity contribution >= 4 is 0 Å². The van der Waals surface area contributed by atoms with Gasteiger partial charge in [0.05, 0.1) is 6.54 Å². The van der Waals surface area contributed by atoms with Gasteiger partial charge in [-0.1, -0.05) is 12.2 Å². The molecule has 0 bridgehead atoms. The minimum Gasteiger partial charge on any atom is -0.210 e. The summed E-state index contributed by atoms with van der Waals surface area (Å²) in [6, 6.07) is 0. The highest BCUT2D eigenvalue weighted by Crippen LogP contribution is 2.17. The Morgan fingerprint density at radius 1 is 1.50 bits per heavy atom. The van der Waals surface area contributed by atoms with E-state index in [2.05, 4.69) is 22.6 Å². The van der Waals surface area contributed by atoms with Gasteiger partial charge in [0.1, 0.15) is 0 Å². The number of nitrogens with one attached hydrogen (secondary N) is 2. The topological polar surface area (TPSA) is 36.5 Å². The van der Waals surface area contributed by atoms with Crippen LogP contribution in [-0.2, 0) is 6.54 Å². The van der Waals surface area contributed by atoms with Crippen LogP contribution < -0.4 is 0 Å². The lowest BCUT2D eigenvalue weighted by Gasteiger charge is -2.12. The fourth-order valence-corrected chi connectivity index (χ4v) is 1.40.